The molecule has 0 unspecified atom stereocenters. The predicted octanol–water partition coefficient (Wildman–Crippen LogP) is 4.95. The molecule has 0 aliphatic carbocycles. The summed E-state index contributed by atoms with van der Waals surface area (Å²) in [4.78, 5) is 26.0. The van der Waals surface area contributed by atoms with Crippen molar-refractivity contribution < 1.29 is 9.59 Å². The van der Waals surface area contributed by atoms with Crippen LogP contribution in [0.25, 0.3) is 16.5 Å². The van der Waals surface area contributed by atoms with E-state index in [-0.39, 0.29) is 18.1 Å². The molecule has 0 fully saturated rings. The van der Waals surface area contributed by atoms with Crippen LogP contribution in [0.4, 0.5) is 5.82 Å². The summed E-state index contributed by atoms with van der Waals surface area (Å²) in [5, 5.41) is 9.68. The average Bonchev–Trinajstić information content (AvgIpc) is 3.09. The third-order valence-corrected chi connectivity index (χ3v) is 5.73. The molecule has 3 aromatic carbocycles. The molecule has 1 aliphatic rings. The monoisotopic (exact) mass is 395 g/mol. The van der Waals surface area contributed by atoms with Crippen LogP contribution in [0, 0.1) is 13.8 Å². The maximum Gasteiger partial charge on any atom is 0.226 e. The number of nitrogens with zero attached hydrogens (tertiary/aromatic N) is 2. The molecule has 30 heavy (non-hydrogen) atoms. The van der Waals surface area contributed by atoms with E-state index in [0.29, 0.717) is 11.4 Å². The first kappa shape index (κ1) is 18.3. The molecule has 148 valence electrons. The molecule has 0 saturated carbocycles. The van der Waals surface area contributed by atoms with Crippen LogP contribution in [0.15, 0.2) is 66.7 Å². The molecule has 2 heterocycles. The van der Waals surface area contributed by atoms with Crippen LogP contribution in [0.3, 0.4) is 0 Å². The summed E-state index contributed by atoms with van der Waals surface area (Å²) in [5.74, 6) is -0.181. The predicted molar refractivity (Wildman–Crippen MR) is 117 cm³/mol. The number of anilines is 1. The molecule has 0 radical (unpaired) electrons. The van der Waals surface area contributed by atoms with Crippen LogP contribution in [-0.2, 0) is 4.79 Å². The number of hydrogen-bond donors (Lipinski definition) is 1. The van der Waals surface area contributed by atoms with Crippen LogP contribution in [-0.4, -0.2) is 21.5 Å². The zero-order chi connectivity index (χ0) is 20.8. The van der Waals surface area contributed by atoms with Gasteiger partial charge in [-0.2, -0.15) is 5.10 Å². The maximum absolute atomic E-state index is 13.5. The van der Waals surface area contributed by atoms with Gasteiger partial charge in [0.2, 0.25) is 5.91 Å². The number of ketones is 1. The molecular formula is C25H21N3O2. The minimum Gasteiger partial charge on any atom is -0.310 e. The number of aromatic nitrogens is 2. The summed E-state index contributed by atoms with van der Waals surface area (Å²) in [6, 6.07) is 21.6. The van der Waals surface area contributed by atoms with Crippen molar-refractivity contribution in [3.05, 3.63) is 89.1 Å². The summed E-state index contributed by atoms with van der Waals surface area (Å²) in [6.45, 7) is 3.91. The summed E-state index contributed by atoms with van der Waals surface area (Å²) >= 11 is 0. The fraction of sp³-hybridized carbons (Fsp3) is 0.160. The number of rotatable bonds is 3. The van der Waals surface area contributed by atoms with Gasteiger partial charge in [-0.05, 0) is 42.8 Å². The molecule has 1 aromatic heterocycles. The Hall–Kier alpha value is -3.73. The van der Waals surface area contributed by atoms with Crippen molar-refractivity contribution in [2.75, 3.05) is 5.32 Å². The van der Waals surface area contributed by atoms with Crippen molar-refractivity contribution in [1.82, 2.24) is 9.78 Å². The number of benzene rings is 3. The molecule has 0 saturated heterocycles. The van der Waals surface area contributed by atoms with Gasteiger partial charge in [-0.25, -0.2) is 4.68 Å². The van der Waals surface area contributed by atoms with Gasteiger partial charge in [-0.15, -0.1) is 0 Å². The van der Waals surface area contributed by atoms with E-state index in [1.54, 1.807) is 4.68 Å². The average molecular weight is 395 g/mol. The van der Waals surface area contributed by atoms with E-state index in [2.05, 4.69) is 10.4 Å². The van der Waals surface area contributed by atoms with Crippen molar-refractivity contribution >= 4 is 28.3 Å². The molecule has 0 bridgehead atoms. The van der Waals surface area contributed by atoms with Crippen molar-refractivity contribution in [2.24, 2.45) is 0 Å². The van der Waals surface area contributed by atoms with Crippen LogP contribution in [0.2, 0.25) is 0 Å². The largest absolute Gasteiger partial charge is 0.310 e. The number of amides is 1. The van der Waals surface area contributed by atoms with E-state index >= 15 is 0 Å². The number of fused-ring (bicyclic) bond motifs is 2. The highest BCUT2D eigenvalue weighted by molar-refractivity contribution is 6.09. The van der Waals surface area contributed by atoms with Crippen molar-refractivity contribution in [2.45, 2.75) is 26.2 Å². The first-order valence-corrected chi connectivity index (χ1v) is 10.0. The summed E-state index contributed by atoms with van der Waals surface area (Å²) in [5.41, 5.74) is 4.16. The number of aryl methyl sites for hydroxylation is 2. The first-order valence-electron chi connectivity index (χ1n) is 10.0. The van der Waals surface area contributed by atoms with E-state index in [9.17, 15) is 9.59 Å². The van der Waals surface area contributed by atoms with Gasteiger partial charge in [-0.1, -0.05) is 54.1 Å². The van der Waals surface area contributed by atoms with Gasteiger partial charge in [0.25, 0.3) is 0 Å². The van der Waals surface area contributed by atoms with Gasteiger partial charge < -0.3 is 5.32 Å². The molecule has 5 rings (SSSR count). The first-order chi connectivity index (χ1) is 14.5. The minimum atomic E-state index is -0.547. The summed E-state index contributed by atoms with van der Waals surface area (Å²) in [7, 11) is 0. The number of carbonyl (C=O) groups excluding carboxylic acids is 2. The third kappa shape index (κ3) is 2.99. The number of Topliss-reactive ketones (excluding diaryl/α,β-unsaturated/α-hetero) is 1. The lowest BCUT2D eigenvalue weighted by atomic mass is 9.85. The van der Waals surface area contributed by atoms with E-state index in [1.165, 1.54) is 0 Å². The summed E-state index contributed by atoms with van der Waals surface area (Å²) < 4.78 is 1.72. The zero-order valence-corrected chi connectivity index (χ0v) is 16.8. The Balaban J connectivity index is 1.60. The lowest BCUT2D eigenvalue weighted by molar-refractivity contribution is -0.116. The van der Waals surface area contributed by atoms with Crippen LogP contribution < -0.4 is 5.32 Å². The lowest BCUT2D eigenvalue weighted by Crippen LogP contribution is -2.28. The molecule has 0 spiro atoms. The Morgan fingerprint density at radius 3 is 2.50 bits per heavy atom. The number of carbonyl (C=O) groups is 2. The molecule has 1 N–H and O–H groups in total. The molecule has 1 aliphatic heterocycles. The number of hydrogen-bond acceptors (Lipinski definition) is 3. The van der Waals surface area contributed by atoms with Gasteiger partial charge in [-0.3, -0.25) is 9.59 Å². The van der Waals surface area contributed by atoms with Gasteiger partial charge in [0.1, 0.15) is 5.82 Å². The lowest BCUT2D eigenvalue weighted by Gasteiger charge is -2.23. The van der Waals surface area contributed by atoms with Gasteiger partial charge >= 0.3 is 0 Å². The van der Waals surface area contributed by atoms with E-state index in [1.807, 2.05) is 80.6 Å². The van der Waals surface area contributed by atoms with Gasteiger partial charge in [0.05, 0.1) is 17.3 Å². The van der Waals surface area contributed by atoms with Crippen LogP contribution in [0.1, 0.15) is 39.5 Å². The fourth-order valence-corrected chi connectivity index (χ4v) is 4.19. The Kier molecular flexibility index (Phi) is 4.24. The van der Waals surface area contributed by atoms with Gasteiger partial charge in [0.15, 0.2) is 5.78 Å². The SMILES string of the molecule is Cc1ccc(-n2nc(C)c3c2NC(=O)C[C@@H]3C(=O)c2ccc3ccccc3c2)cc1. The highest BCUT2D eigenvalue weighted by atomic mass is 16.2. The van der Waals surface area contributed by atoms with E-state index < -0.39 is 5.92 Å². The highest BCUT2D eigenvalue weighted by Crippen LogP contribution is 2.38. The molecule has 5 nitrogen and oxygen atoms in total. The second kappa shape index (κ2) is 6.95. The zero-order valence-electron chi connectivity index (χ0n) is 16.8. The minimum absolute atomic E-state index is 0.0524. The van der Waals surface area contributed by atoms with Crippen LogP contribution >= 0.6 is 0 Å². The van der Waals surface area contributed by atoms with E-state index in [4.69, 9.17) is 0 Å². The fourth-order valence-electron chi connectivity index (χ4n) is 4.19. The van der Waals surface area contributed by atoms with Crippen molar-refractivity contribution in [3.63, 3.8) is 0 Å². The maximum atomic E-state index is 13.5. The molecule has 4 aromatic rings. The Morgan fingerprint density at radius 1 is 1.00 bits per heavy atom. The normalized spacial score (nSPS) is 15.7. The van der Waals surface area contributed by atoms with Gasteiger partial charge in [0, 0.05) is 17.5 Å². The Bertz CT molecular complexity index is 1300. The smallest absolute Gasteiger partial charge is 0.226 e. The topological polar surface area (TPSA) is 64.0 Å². The molecule has 1 atom stereocenters. The second-order valence-corrected chi connectivity index (χ2v) is 7.83. The molecule has 1 amide bonds. The van der Waals surface area contributed by atoms with Crippen LogP contribution in [0.5, 0.6) is 0 Å². The van der Waals surface area contributed by atoms with E-state index in [0.717, 1.165) is 33.3 Å². The quantitative estimate of drug-likeness (QED) is 0.499. The number of nitrogens with one attached hydrogen (secondary N) is 1. The van der Waals surface area contributed by atoms with Crippen molar-refractivity contribution in [1.29, 1.82) is 0 Å². The summed E-state index contributed by atoms with van der Waals surface area (Å²) in [6.07, 6.45) is 0.124. The molecular weight excluding hydrogens is 374 g/mol. The Labute approximate surface area is 174 Å². The standard InChI is InChI=1S/C25H21N3O2/c1-15-7-11-20(12-8-15)28-25-23(16(2)27-28)21(14-22(29)26-25)24(30)19-10-9-17-5-3-4-6-18(17)13-19/h3-13,21H,14H2,1-2H3,(H,26,29)/t21-/m0/s1. The highest BCUT2D eigenvalue weighted by Gasteiger charge is 2.36. The second-order valence-electron chi connectivity index (χ2n) is 7.83. The Morgan fingerprint density at radius 2 is 1.73 bits per heavy atom. The molecule has 5 heteroatoms. The van der Waals surface area contributed by atoms with Crippen molar-refractivity contribution in [3.8, 4) is 5.69 Å². The third-order valence-electron chi connectivity index (χ3n) is 5.73.